The summed E-state index contributed by atoms with van der Waals surface area (Å²) in [6.07, 6.45) is 4.26. The molecule has 8 aromatic carbocycles. The molecular formula is C88H72F4N28O4. The molecule has 0 unspecified atom stereocenters. The Kier molecular flexibility index (Phi) is 18.3. The molecular weight excluding hydrogens is 1590 g/mol. The zero-order valence-electron chi connectivity index (χ0n) is 78.6. The Labute approximate surface area is 717 Å². The van der Waals surface area contributed by atoms with Gasteiger partial charge in [-0.15, -0.1) is 0 Å². The number of rotatable bonds is 20. The van der Waals surface area contributed by atoms with Crippen molar-refractivity contribution in [2.75, 3.05) is 21.3 Å². The minimum Gasteiger partial charge on any atom is -0.358 e. The van der Waals surface area contributed by atoms with Crippen LogP contribution in [0, 0.1) is 23.3 Å². The first-order chi connectivity index (χ1) is 65.8. The van der Waals surface area contributed by atoms with E-state index in [1.54, 1.807) is 116 Å². The summed E-state index contributed by atoms with van der Waals surface area (Å²) in [5.74, 6) is -3.72. The van der Waals surface area contributed by atoms with E-state index < -0.39 is 114 Å². The third-order valence-corrected chi connectivity index (χ3v) is 19.3. The van der Waals surface area contributed by atoms with Crippen molar-refractivity contribution in [3.05, 3.63) is 333 Å². The molecule has 124 heavy (non-hydrogen) atoms. The van der Waals surface area contributed by atoms with Gasteiger partial charge in [-0.05, 0) is 123 Å². The van der Waals surface area contributed by atoms with Gasteiger partial charge in [-0.25, -0.2) is 97.3 Å². The van der Waals surface area contributed by atoms with Crippen molar-refractivity contribution in [2.45, 2.75) is 77.2 Å². The average molecular weight is 1680 g/mol. The molecule has 0 aliphatic heterocycles. The van der Waals surface area contributed by atoms with Gasteiger partial charge in [0.2, 0.25) is 0 Å². The summed E-state index contributed by atoms with van der Waals surface area (Å²) in [6.45, 7) is -3.00. The quantitative estimate of drug-likeness (QED) is 0.0329. The lowest BCUT2D eigenvalue weighted by molar-refractivity contribution is 0.629. The molecule has 0 amide bonds. The zero-order chi connectivity index (χ0) is 97.8. The van der Waals surface area contributed by atoms with Crippen molar-refractivity contribution in [1.29, 1.82) is 0 Å². The molecule has 20 rings (SSSR count). The fourth-order valence-electron chi connectivity index (χ4n) is 13.6. The number of hydrogen-bond donors (Lipinski definition) is 8. The van der Waals surface area contributed by atoms with Gasteiger partial charge in [0.1, 0.15) is 115 Å². The molecule has 36 heteroatoms. The van der Waals surface area contributed by atoms with Crippen molar-refractivity contribution in [3.8, 4) is 22.7 Å². The lowest BCUT2D eigenvalue weighted by atomic mass is 10.1. The lowest BCUT2D eigenvalue weighted by Crippen LogP contribution is -2.28. The van der Waals surface area contributed by atoms with E-state index in [0.717, 1.165) is 38.2 Å². The zero-order valence-corrected chi connectivity index (χ0v) is 64.6. The van der Waals surface area contributed by atoms with Gasteiger partial charge in [0, 0.05) is 13.7 Å². The van der Waals surface area contributed by atoms with Crippen LogP contribution in [0.15, 0.2) is 264 Å². The molecule has 0 saturated heterocycles. The molecule has 0 aliphatic rings. The van der Waals surface area contributed by atoms with E-state index in [4.69, 9.17) is 13.7 Å². The first kappa shape index (κ1) is 64.4. The number of imidazole rings is 4. The topological polar surface area (TPSA) is 406 Å². The number of halogens is 4. The molecule has 616 valence electrons. The van der Waals surface area contributed by atoms with Gasteiger partial charge < -0.3 is 41.2 Å². The number of benzene rings is 8. The second-order valence-corrected chi connectivity index (χ2v) is 26.6. The van der Waals surface area contributed by atoms with E-state index in [1.807, 2.05) is 6.07 Å². The second-order valence-electron chi connectivity index (χ2n) is 26.6. The maximum absolute atomic E-state index is 14.8. The monoisotopic (exact) mass is 1670 g/mol. The smallest absolute Gasteiger partial charge is 0.269 e. The summed E-state index contributed by atoms with van der Waals surface area (Å²) in [5, 5.41) is 10.3. The number of hydrogen-bond acceptors (Lipinski definition) is 24. The molecule has 12 aromatic heterocycles. The van der Waals surface area contributed by atoms with Gasteiger partial charge >= 0.3 is 0 Å². The molecule has 20 aromatic rings. The first-order valence-electron chi connectivity index (χ1n) is 44.6. The molecule has 0 spiro atoms. The Balaban J connectivity index is 0.000000127. The molecule has 0 fully saturated rings. The maximum atomic E-state index is 14.8. The van der Waals surface area contributed by atoms with E-state index in [9.17, 15) is 42.2 Å². The Bertz CT molecular complexity index is 8300. The Hall–Kier alpha value is -16.6. The third kappa shape index (κ3) is 15.6. The van der Waals surface area contributed by atoms with Crippen LogP contribution in [-0.4, -0.2) is 118 Å². The van der Waals surface area contributed by atoms with Crippen LogP contribution in [0.2, 0.25) is 0 Å². The molecule has 0 bridgehead atoms. The molecule has 8 N–H and O–H groups in total. The summed E-state index contributed by atoms with van der Waals surface area (Å²) in [4.78, 5) is 133. The average Bonchev–Trinajstić information content (AvgIpc) is 1.18. The molecule has 32 nitrogen and oxygen atoms in total. The normalized spacial score (nSPS) is 15.4. The van der Waals surface area contributed by atoms with E-state index in [0.29, 0.717) is 56.4 Å². The van der Waals surface area contributed by atoms with Crippen LogP contribution in [0.5, 0.6) is 0 Å². The summed E-state index contributed by atoms with van der Waals surface area (Å²) in [6, 6.07) is 39.9. The number of aromatic nitrogens is 24. The fourth-order valence-corrected chi connectivity index (χ4v) is 13.6. The Morgan fingerprint density at radius 2 is 0.581 bits per heavy atom. The summed E-state index contributed by atoms with van der Waals surface area (Å²) in [7, 11) is 0. The summed E-state index contributed by atoms with van der Waals surface area (Å²) < 4.78 is 182. The third-order valence-electron chi connectivity index (χ3n) is 19.3. The van der Waals surface area contributed by atoms with E-state index in [2.05, 4.69) is 121 Å². The summed E-state index contributed by atoms with van der Waals surface area (Å²) in [5.41, 5.74) is 0.734. The van der Waals surface area contributed by atoms with Crippen LogP contribution in [-0.2, 0) is 0 Å². The molecule has 0 aliphatic carbocycles. The van der Waals surface area contributed by atoms with Gasteiger partial charge in [0.25, 0.3) is 22.2 Å². The highest BCUT2D eigenvalue weighted by Crippen LogP contribution is 2.33. The van der Waals surface area contributed by atoms with Crippen molar-refractivity contribution in [1.82, 2.24) is 118 Å². The Morgan fingerprint density at radius 3 is 0.839 bits per heavy atom. The molecule has 4 atom stereocenters. The van der Waals surface area contributed by atoms with Crippen molar-refractivity contribution < 1.29 is 36.8 Å². The van der Waals surface area contributed by atoms with Crippen LogP contribution in [0.25, 0.3) is 111 Å². The predicted molar refractivity (Wildman–Crippen MR) is 463 cm³/mol. The van der Waals surface area contributed by atoms with Crippen LogP contribution >= 0.6 is 0 Å². The van der Waals surface area contributed by atoms with Gasteiger partial charge in [-0.3, -0.25) is 37.4 Å². The van der Waals surface area contributed by atoms with E-state index in [1.165, 1.54) is 116 Å². The predicted octanol–water partition coefficient (Wildman–Crippen LogP) is 15.0. The van der Waals surface area contributed by atoms with Crippen molar-refractivity contribution in [2.24, 2.45) is 0 Å². The van der Waals surface area contributed by atoms with Crippen LogP contribution in [0.1, 0.15) is 120 Å². The fraction of sp³-hybridized carbons (Fsp3) is 0.136. The van der Waals surface area contributed by atoms with Crippen LogP contribution in [0.4, 0.5) is 40.8 Å². The highest BCUT2D eigenvalue weighted by atomic mass is 19.1. The van der Waals surface area contributed by atoms with Gasteiger partial charge in [0.15, 0.2) is 45.9 Å². The van der Waals surface area contributed by atoms with Crippen molar-refractivity contribution >= 4 is 112 Å². The highest BCUT2D eigenvalue weighted by molar-refractivity contribution is 5.87. The minimum atomic E-state index is -3.38. The number of fused-ring (bicyclic) bond motifs is 8. The number of nitrogens with one attached hydrogen (secondary N) is 8. The van der Waals surface area contributed by atoms with Crippen LogP contribution in [0.3, 0.4) is 0 Å². The number of anilines is 4. The minimum absolute atomic E-state index is 0.00392. The molecule has 12 heterocycles. The SMILES string of the molecule is [2H]C([2H])(C)[C@]([2H])(Nc1ncnc2nc[nH]c12)c1nc2cccc(F)c2c(=O)n1-c1ccccc1.[2H]C([2H])([2H])C([2H])([2H])[C@]([2H])(Nc1ncnc2nc[nH]c12)c1nc2cccc(F)c2c(=O)n1-c1ccccc1.[2H]C([2H])([2H])C[C@]([2H])(Nc1ncnc2nc[nH]c12)c1nc2cccc(F)c2c(=O)n1-c1ccccc1.[2H][C@@](CC)(Nc1ncnc2nc[nH]c12)c1nc2cccc(F)c2c(=O)n1-c1ccccc1. The lowest BCUT2D eigenvalue weighted by Gasteiger charge is -2.22. The van der Waals surface area contributed by atoms with Gasteiger partial charge in [-0.1, -0.05) is 125 Å². The maximum Gasteiger partial charge on any atom is 0.269 e. The summed E-state index contributed by atoms with van der Waals surface area (Å²) >= 11 is 0. The largest absolute Gasteiger partial charge is 0.358 e. The number of para-hydroxylation sites is 4. The van der Waals surface area contributed by atoms with Crippen LogP contribution < -0.4 is 43.5 Å². The molecule has 0 saturated carbocycles. The van der Waals surface area contributed by atoms with E-state index >= 15 is 0 Å². The molecule has 0 radical (unpaired) electrons. The Morgan fingerprint density at radius 1 is 0.323 bits per heavy atom. The van der Waals surface area contributed by atoms with Gasteiger partial charge in [-0.2, -0.15) is 0 Å². The number of aromatic amines is 4. The number of nitrogens with zero attached hydrogens (tertiary/aromatic N) is 20. The van der Waals surface area contributed by atoms with Gasteiger partial charge in [0.05, 0.1) is 99.7 Å². The standard InChI is InChI=1S/4C22H18FN7O/c4*1-2-15(28-20-18-19(25-11-24-18)26-12-27-20)21-29-16-10-6-9-14(23)17(16)22(31)30(21)13-7-4-3-5-8-13/h4*3-12,15H,2H2,1H3,(H2,24,25,26,27,28)/t4*15-/m0000/s1/i1D3,2D2,15D;2D2,15D;1D3,15D;15D. The highest BCUT2D eigenvalue weighted by Gasteiger charge is 2.29. The van der Waals surface area contributed by atoms with Crippen molar-refractivity contribution in [3.63, 3.8) is 0 Å². The number of H-pyrrole nitrogens is 4. The van der Waals surface area contributed by atoms with E-state index in [-0.39, 0.29) is 96.4 Å². The first-order valence-corrected chi connectivity index (χ1v) is 37.6. The second kappa shape index (κ2) is 35.2.